The van der Waals surface area contributed by atoms with Gasteiger partial charge in [-0.2, -0.15) is 0 Å². The summed E-state index contributed by atoms with van der Waals surface area (Å²) in [6, 6.07) is 6.57. The molecular weight excluding hydrogens is 248 g/mol. The van der Waals surface area contributed by atoms with Crippen LogP contribution in [0, 0.1) is 10.1 Å². The fourth-order valence-electron chi connectivity index (χ4n) is 1.61. The SMILES string of the molecule is CC1(C)CSC(/C=C/c2cccc([N+](=O)[O-])c2)=N1. The Bertz CT molecular complexity index is 536. The van der Waals surface area contributed by atoms with Crippen LogP contribution in [0.25, 0.3) is 6.08 Å². The first-order chi connectivity index (χ1) is 8.46. The van der Waals surface area contributed by atoms with Crippen molar-refractivity contribution in [1.82, 2.24) is 0 Å². The molecule has 0 aliphatic carbocycles. The molecule has 0 spiro atoms. The summed E-state index contributed by atoms with van der Waals surface area (Å²) in [4.78, 5) is 14.8. The van der Waals surface area contributed by atoms with Gasteiger partial charge in [-0.25, -0.2) is 0 Å². The maximum atomic E-state index is 10.7. The minimum atomic E-state index is -0.387. The van der Waals surface area contributed by atoms with Crippen molar-refractivity contribution in [3.05, 3.63) is 46.0 Å². The molecule has 0 aromatic heterocycles. The Labute approximate surface area is 110 Å². The predicted octanol–water partition coefficient (Wildman–Crippen LogP) is 3.53. The Morgan fingerprint density at radius 1 is 1.44 bits per heavy atom. The average molecular weight is 262 g/mol. The lowest BCUT2D eigenvalue weighted by Crippen LogP contribution is -2.15. The van der Waals surface area contributed by atoms with Gasteiger partial charge in [0.15, 0.2) is 0 Å². The van der Waals surface area contributed by atoms with Crippen molar-refractivity contribution in [2.75, 3.05) is 5.75 Å². The standard InChI is InChI=1S/C13H14N2O2S/c1-13(2)9-18-12(14-13)7-6-10-4-3-5-11(8-10)15(16)17/h3-8H,9H2,1-2H3/b7-6+. The second-order valence-electron chi connectivity index (χ2n) is 4.74. The summed E-state index contributed by atoms with van der Waals surface area (Å²) in [7, 11) is 0. The largest absolute Gasteiger partial charge is 0.272 e. The summed E-state index contributed by atoms with van der Waals surface area (Å²) in [5.41, 5.74) is 0.920. The molecule has 5 heteroatoms. The van der Waals surface area contributed by atoms with Crippen molar-refractivity contribution in [3.63, 3.8) is 0 Å². The minimum absolute atomic E-state index is 0.00692. The van der Waals surface area contributed by atoms with Gasteiger partial charge in [0.25, 0.3) is 5.69 Å². The molecule has 0 radical (unpaired) electrons. The van der Waals surface area contributed by atoms with Gasteiger partial charge in [-0.15, -0.1) is 11.8 Å². The second-order valence-corrected chi connectivity index (χ2v) is 5.73. The summed E-state index contributed by atoms with van der Waals surface area (Å²) in [5, 5.41) is 11.6. The molecule has 0 N–H and O–H groups in total. The molecule has 0 saturated carbocycles. The molecule has 1 aromatic carbocycles. The normalized spacial score (nSPS) is 18.0. The van der Waals surface area contributed by atoms with E-state index in [9.17, 15) is 10.1 Å². The maximum Gasteiger partial charge on any atom is 0.270 e. The van der Waals surface area contributed by atoms with Gasteiger partial charge < -0.3 is 0 Å². The molecule has 0 amide bonds. The third-order valence-electron chi connectivity index (χ3n) is 2.49. The molecule has 1 aliphatic heterocycles. The molecule has 1 aliphatic rings. The van der Waals surface area contributed by atoms with Crippen LogP contribution < -0.4 is 0 Å². The highest BCUT2D eigenvalue weighted by Crippen LogP contribution is 2.27. The van der Waals surface area contributed by atoms with Gasteiger partial charge in [-0.1, -0.05) is 18.2 Å². The number of nitro groups is 1. The van der Waals surface area contributed by atoms with Gasteiger partial charge in [0.2, 0.25) is 0 Å². The zero-order valence-electron chi connectivity index (χ0n) is 10.3. The summed E-state index contributed by atoms with van der Waals surface area (Å²) >= 11 is 1.71. The third-order valence-corrected chi connectivity index (χ3v) is 3.86. The van der Waals surface area contributed by atoms with Gasteiger partial charge in [-0.3, -0.25) is 15.1 Å². The number of non-ortho nitro benzene ring substituents is 1. The van der Waals surface area contributed by atoms with Crippen LogP contribution in [0.4, 0.5) is 5.69 Å². The Balaban J connectivity index is 2.15. The van der Waals surface area contributed by atoms with Crippen molar-refractivity contribution in [1.29, 1.82) is 0 Å². The van der Waals surface area contributed by atoms with Crippen LogP contribution in [0.1, 0.15) is 19.4 Å². The molecule has 1 heterocycles. The van der Waals surface area contributed by atoms with Gasteiger partial charge in [0, 0.05) is 17.9 Å². The van der Waals surface area contributed by atoms with E-state index in [0.29, 0.717) is 0 Å². The van der Waals surface area contributed by atoms with Gasteiger partial charge >= 0.3 is 0 Å². The summed E-state index contributed by atoms with van der Waals surface area (Å²) in [6.45, 7) is 4.18. The highest BCUT2D eigenvalue weighted by molar-refractivity contribution is 8.14. The lowest BCUT2D eigenvalue weighted by molar-refractivity contribution is -0.384. The fourth-order valence-corrected chi connectivity index (χ4v) is 2.65. The van der Waals surface area contributed by atoms with Crippen molar-refractivity contribution in [3.8, 4) is 0 Å². The smallest absolute Gasteiger partial charge is 0.270 e. The molecule has 1 aromatic rings. The van der Waals surface area contributed by atoms with Crippen LogP contribution in [0.2, 0.25) is 0 Å². The number of benzene rings is 1. The molecule has 0 unspecified atom stereocenters. The van der Waals surface area contributed by atoms with E-state index >= 15 is 0 Å². The highest BCUT2D eigenvalue weighted by Gasteiger charge is 2.23. The summed E-state index contributed by atoms with van der Waals surface area (Å²) in [6.07, 6.45) is 3.78. The molecular formula is C13H14N2O2S. The van der Waals surface area contributed by atoms with Crippen molar-refractivity contribution in [2.45, 2.75) is 19.4 Å². The fraction of sp³-hybridized carbons (Fsp3) is 0.308. The number of hydrogen-bond donors (Lipinski definition) is 0. The molecule has 4 nitrogen and oxygen atoms in total. The van der Waals surface area contributed by atoms with Crippen LogP contribution in [0.5, 0.6) is 0 Å². The Kier molecular flexibility index (Phi) is 3.52. The molecule has 2 rings (SSSR count). The van der Waals surface area contributed by atoms with E-state index in [-0.39, 0.29) is 16.1 Å². The molecule has 0 atom stereocenters. The topological polar surface area (TPSA) is 55.5 Å². The average Bonchev–Trinajstić information content (AvgIpc) is 2.67. The first kappa shape index (κ1) is 12.8. The van der Waals surface area contributed by atoms with Gasteiger partial charge in [0.05, 0.1) is 15.5 Å². The lowest BCUT2D eigenvalue weighted by atomic mass is 10.1. The second kappa shape index (κ2) is 4.94. The number of nitro benzene ring substituents is 1. The summed E-state index contributed by atoms with van der Waals surface area (Å²) < 4.78 is 0. The zero-order chi connectivity index (χ0) is 13.2. The minimum Gasteiger partial charge on any atom is -0.272 e. The zero-order valence-corrected chi connectivity index (χ0v) is 11.1. The first-order valence-electron chi connectivity index (χ1n) is 5.61. The monoisotopic (exact) mass is 262 g/mol. The van der Waals surface area contributed by atoms with Crippen molar-refractivity contribution >= 4 is 28.6 Å². The molecule has 0 saturated heterocycles. The lowest BCUT2D eigenvalue weighted by Gasteiger charge is -2.09. The van der Waals surface area contributed by atoms with Crippen LogP contribution >= 0.6 is 11.8 Å². The molecule has 0 fully saturated rings. The quantitative estimate of drug-likeness (QED) is 0.618. The Morgan fingerprint density at radius 3 is 2.83 bits per heavy atom. The van der Waals surface area contributed by atoms with Crippen LogP contribution in [0.15, 0.2) is 35.3 Å². The van der Waals surface area contributed by atoms with Gasteiger partial charge in [-0.05, 0) is 25.5 Å². The number of aliphatic imine (C=N–C) groups is 1. The van der Waals surface area contributed by atoms with E-state index < -0.39 is 0 Å². The van der Waals surface area contributed by atoms with E-state index in [0.717, 1.165) is 16.4 Å². The molecule has 94 valence electrons. The van der Waals surface area contributed by atoms with Gasteiger partial charge in [0.1, 0.15) is 0 Å². The maximum absolute atomic E-state index is 10.7. The van der Waals surface area contributed by atoms with Crippen molar-refractivity contribution in [2.24, 2.45) is 4.99 Å². The van der Waals surface area contributed by atoms with Crippen LogP contribution in [0.3, 0.4) is 0 Å². The van der Waals surface area contributed by atoms with E-state index in [1.165, 1.54) is 6.07 Å². The third kappa shape index (κ3) is 3.20. The number of rotatable bonds is 3. The highest BCUT2D eigenvalue weighted by atomic mass is 32.2. The molecule has 18 heavy (non-hydrogen) atoms. The number of thioether (sulfide) groups is 1. The molecule has 0 bridgehead atoms. The van der Waals surface area contributed by atoms with E-state index in [1.54, 1.807) is 23.9 Å². The van der Waals surface area contributed by atoms with Crippen molar-refractivity contribution < 1.29 is 4.92 Å². The van der Waals surface area contributed by atoms with E-state index in [2.05, 4.69) is 18.8 Å². The first-order valence-corrected chi connectivity index (χ1v) is 6.60. The Hall–Kier alpha value is -1.62. The van der Waals surface area contributed by atoms with Crippen LogP contribution in [-0.2, 0) is 0 Å². The predicted molar refractivity (Wildman–Crippen MR) is 76.1 cm³/mol. The van der Waals surface area contributed by atoms with E-state index in [4.69, 9.17) is 0 Å². The van der Waals surface area contributed by atoms with Crippen LogP contribution in [-0.4, -0.2) is 21.3 Å². The van der Waals surface area contributed by atoms with E-state index in [1.807, 2.05) is 18.2 Å². The summed E-state index contributed by atoms with van der Waals surface area (Å²) in [5.74, 6) is 0.974. The number of hydrogen-bond acceptors (Lipinski definition) is 4. The Morgan fingerprint density at radius 2 is 2.22 bits per heavy atom. The number of nitrogens with zero attached hydrogens (tertiary/aromatic N) is 2.